The summed E-state index contributed by atoms with van der Waals surface area (Å²) in [5, 5.41) is 0. The molecule has 1 aromatic rings. The molecule has 2 heterocycles. The molecule has 1 amide bonds. The Bertz CT molecular complexity index is 528. The third kappa shape index (κ3) is 3.07. The standard InChI is InChI=1S/C12H13BrN2O3/c13-9-1-2-11(17)15(7-9)8-12(18)14-5-3-10(16)4-6-14/h1-2,7H,3-6,8H2. The van der Waals surface area contributed by atoms with E-state index in [2.05, 4.69) is 15.9 Å². The first kappa shape index (κ1) is 13.0. The minimum atomic E-state index is -0.209. The van der Waals surface area contributed by atoms with Crippen molar-refractivity contribution in [1.82, 2.24) is 9.47 Å². The molecule has 18 heavy (non-hydrogen) atoms. The van der Waals surface area contributed by atoms with Crippen molar-refractivity contribution in [2.45, 2.75) is 19.4 Å². The van der Waals surface area contributed by atoms with Crippen LogP contribution in [0.5, 0.6) is 0 Å². The van der Waals surface area contributed by atoms with Gasteiger partial charge in [-0.15, -0.1) is 0 Å². The van der Waals surface area contributed by atoms with Crippen molar-refractivity contribution in [3.8, 4) is 0 Å². The lowest BCUT2D eigenvalue weighted by Crippen LogP contribution is -2.41. The minimum absolute atomic E-state index is 0.0203. The highest BCUT2D eigenvalue weighted by atomic mass is 79.9. The number of rotatable bonds is 2. The Kier molecular flexibility index (Phi) is 3.96. The highest BCUT2D eigenvalue weighted by Crippen LogP contribution is 2.08. The Labute approximate surface area is 113 Å². The molecule has 6 heteroatoms. The first-order valence-corrected chi connectivity index (χ1v) is 6.51. The molecule has 1 fully saturated rings. The second kappa shape index (κ2) is 5.48. The number of aromatic nitrogens is 1. The second-order valence-electron chi connectivity index (χ2n) is 4.23. The topological polar surface area (TPSA) is 59.4 Å². The monoisotopic (exact) mass is 312 g/mol. The first-order valence-electron chi connectivity index (χ1n) is 5.72. The molecular formula is C12H13BrN2O3. The van der Waals surface area contributed by atoms with E-state index in [4.69, 9.17) is 0 Å². The van der Waals surface area contributed by atoms with Crippen LogP contribution >= 0.6 is 15.9 Å². The summed E-state index contributed by atoms with van der Waals surface area (Å²) in [5.74, 6) is 0.0707. The Hall–Kier alpha value is -1.43. The number of likely N-dealkylation sites (tertiary alicyclic amines) is 1. The Morgan fingerprint density at radius 2 is 1.89 bits per heavy atom. The molecule has 0 spiro atoms. The molecular weight excluding hydrogens is 300 g/mol. The Balaban J connectivity index is 2.05. The van der Waals surface area contributed by atoms with Crippen molar-refractivity contribution in [2.24, 2.45) is 0 Å². The summed E-state index contributed by atoms with van der Waals surface area (Å²) in [6, 6.07) is 3.06. The van der Waals surface area contributed by atoms with E-state index in [9.17, 15) is 14.4 Å². The van der Waals surface area contributed by atoms with E-state index in [0.29, 0.717) is 25.9 Å². The number of hydrogen-bond acceptors (Lipinski definition) is 3. The van der Waals surface area contributed by atoms with Crippen LogP contribution in [-0.4, -0.2) is 34.2 Å². The number of nitrogens with zero attached hydrogens (tertiary/aromatic N) is 2. The molecule has 0 atom stereocenters. The van der Waals surface area contributed by atoms with Gasteiger partial charge in [-0.25, -0.2) is 0 Å². The molecule has 96 valence electrons. The quantitative estimate of drug-likeness (QED) is 0.811. The molecule has 0 aliphatic carbocycles. The normalized spacial score (nSPS) is 15.8. The number of hydrogen-bond donors (Lipinski definition) is 0. The van der Waals surface area contributed by atoms with E-state index < -0.39 is 0 Å². The van der Waals surface area contributed by atoms with Crippen molar-refractivity contribution in [3.63, 3.8) is 0 Å². The van der Waals surface area contributed by atoms with Gasteiger partial charge < -0.3 is 9.47 Å². The van der Waals surface area contributed by atoms with Crippen LogP contribution in [0.25, 0.3) is 0 Å². The Morgan fingerprint density at radius 3 is 2.56 bits per heavy atom. The molecule has 0 saturated carbocycles. The molecule has 0 N–H and O–H groups in total. The lowest BCUT2D eigenvalue weighted by atomic mass is 10.1. The smallest absolute Gasteiger partial charge is 0.251 e. The predicted octanol–water partition coefficient (Wildman–Crippen LogP) is 0.802. The van der Waals surface area contributed by atoms with Crippen molar-refractivity contribution < 1.29 is 9.59 Å². The average molecular weight is 313 g/mol. The molecule has 1 saturated heterocycles. The molecule has 1 aromatic heterocycles. The van der Waals surface area contributed by atoms with Crippen LogP contribution in [0.3, 0.4) is 0 Å². The summed E-state index contributed by atoms with van der Waals surface area (Å²) in [5.41, 5.74) is -0.209. The fourth-order valence-corrected chi connectivity index (χ4v) is 2.26. The highest BCUT2D eigenvalue weighted by Gasteiger charge is 2.20. The zero-order valence-corrected chi connectivity index (χ0v) is 11.4. The third-order valence-electron chi connectivity index (χ3n) is 2.93. The summed E-state index contributed by atoms with van der Waals surface area (Å²) in [6.07, 6.45) is 2.42. The number of Topliss-reactive ketones (excluding diaryl/α,β-unsaturated/α-hetero) is 1. The van der Waals surface area contributed by atoms with Gasteiger partial charge in [-0.1, -0.05) is 0 Å². The van der Waals surface area contributed by atoms with E-state index in [-0.39, 0.29) is 23.8 Å². The van der Waals surface area contributed by atoms with Crippen molar-refractivity contribution in [3.05, 3.63) is 33.2 Å². The van der Waals surface area contributed by atoms with Crippen LogP contribution in [0.15, 0.2) is 27.6 Å². The number of carbonyl (C=O) groups is 2. The highest BCUT2D eigenvalue weighted by molar-refractivity contribution is 9.10. The van der Waals surface area contributed by atoms with Gasteiger partial charge in [0.1, 0.15) is 12.3 Å². The van der Waals surface area contributed by atoms with Crippen molar-refractivity contribution in [1.29, 1.82) is 0 Å². The zero-order chi connectivity index (χ0) is 13.1. The van der Waals surface area contributed by atoms with Gasteiger partial charge in [0.15, 0.2) is 0 Å². The van der Waals surface area contributed by atoms with E-state index in [1.165, 1.54) is 10.6 Å². The SMILES string of the molecule is O=C1CCN(C(=O)Cn2cc(Br)ccc2=O)CC1. The molecule has 2 rings (SSSR count). The number of piperidine rings is 1. The van der Waals surface area contributed by atoms with Crippen LogP contribution in [0.1, 0.15) is 12.8 Å². The predicted molar refractivity (Wildman–Crippen MR) is 69.2 cm³/mol. The number of amides is 1. The molecule has 1 aliphatic heterocycles. The molecule has 1 aliphatic rings. The van der Waals surface area contributed by atoms with Crippen LogP contribution in [-0.2, 0) is 16.1 Å². The second-order valence-corrected chi connectivity index (χ2v) is 5.15. The van der Waals surface area contributed by atoms with Gasteiger partial charge in [-0.05, 0) is 22.0 Å². The van der Waals surface area contributed by atoms with Gasteiger partial charge in [0.25, 0.3) is 5.56 Å². The minimum Gasteiger partial charge on any atom is -0.340 e. The van der Waals surface area contributed by atoms with Gasteiger partial charge in [0.2, 0.25) is 5.91 Å². The molecule has 0 unspecified atom stereocenters. The van der Waals surface area contributed by atoms with Crippen LogP contribution in [0, 0.1) is 0 Å². The fourth-order valence-electron chi connectivity index (χ4n) is 1.88. The maximum Gasteiger partial charge on any atom is 0.251 e. The lowest BCUT2D eigenvalue weighted by Gasteiger charge is -2.26. The number of halogens is 1. The van der Waals surface area contributed by atoms with Gasteiger partial charge in [0.05, 0.1) is 0 Å². The zero-order valence-electron chi connectivity index (χ0n) is 9.76. The summed E-state index contributed by atoms with van der Waals surface area (Å²) in [7, 11) is 0. The van der Waals surface area contributed by atoms with Crippen LogP contribution in [0.4, 0.5) is 0 Å². The average Bonchev–Trinajstić information content (AvgIpc) is 2.34. The van der Waals surface area contributed by atoms with Gasteiger partial charge in [-0.2, -0.15) is 0 Å². The number of ketones is 1. The maximum absolute atomic E-state index is 12.0. The van der Waals surface area contributed by atoms with Crippen LogP contribution < -0.4 is 5.56 Å². The summed E-state index contributed by atoms with van der Waals surface area (Å²) >= 11 is 3.26. The van der Waals surface area contributed by atoms with E-state index in [0.717, 1.165) is 4.47 Å². The maximum atomic E-state index is 12.0. The molecule has 0 aromatic carbocycles. The van der Waals surface area contributed by atoms with Crippen LogP contribution in [0.2, 0.25) is 0 Å². The van der Waals surface area contributed by atoms with Gasteiger partial charge in [0, 0.05) is 42.7 Å². The number of carbonyl (C=O) groups excluding carboxylic acids is 2. The van der Waals surface area contributed by atoms with E-state index in [1.807, 2.05) is 0 Å². The van der Waals surface area contributed by atoms with Gasteiger partial charge in [-0.3, -0.25) is 14.4 Å². The van der Waals surface area contributed by atoms with E-state index in [1.54, 1.807) is 17.2 Å². The first-order chi connectivity index (χ1) is 8.56. The van der Waals surface area contributed by atoms with Crippen molar-refractivity contribution in [2.75, 3.05) is 13.1 Å². The molecule has 5 nitrogen and oxygen atoms in total. The Morgan fingerprint density at radius 1 is 1.22 bits per heavy atom. The summed E-state index contributed by atoms with van der Waals surface area (Å²) < 4.78 is 2.12. The summed E-state index contributed by atoms with van der Waals surface area (Å²) in [6.45, 7) is 0.938. The largest absolute Gasteiger partial charge is 0.340 e. The molecule has 0 bridgehead atoms. The number of pyridine rings is 1. The van der Waals surface area contributed by atoms with Gasteiger partial charge >= 0.3 is 0 Å². The molecule has 0 radical (unpaired) electrons. The third-order valence-corrected chi connectivity index (χ3v) is 3.40. The van der Waals surface area contributed by atoms with Crippen molar-refractivity contribution >= 4 is 27.6 Å². The summed E-state index contributed by atoms with van der Waals surface area (Å²) in [4.78, 5) is 36.3. The lowest BCUT2D eigenvalue weighted by molar-refractivity contribution is -0.135. The fraction of sp³-hybridized carbons (Fsp3) is 0.417. The van der Waals surface area contributed by atoms with E-state index >= 15 is 0 Å².